The predicted molar refractivity (Wildman–Crippen MR) is 101 cm³/mol. The van der Waals surface area contributed by atoms with Crippen molar-refractivity contribution in [1.82, 2.24) is 0 Å². The first-order valence-electron chi connectivity index (χ1n) is 8.51. The van der Waals surface area contributed by atoms with Gasteiger partial charge in [-0.3, -0.25) is 14.4 Å². The van der Waals surface area contributed by atoms with E-state index in [1.54, 1.807) is 48.5 Å². The minimum Gasteiger partial charge on any atom is -0.326 e. The van der Waals surface area contributed by atoms with Crippen LogP contribution in [0.4, 0.5) is 11.4 Å². The van der Waals surface area contributed by atoms with Crippen LogP contribution < -0.4 is 10.6 Å². The van der Waals surface area contributed by atoms with Crippen LogP contribution in [-0.2, 0) is 9.59 Å². The van der Waals surface area contributed by atoms with Gasteiger partial charge in [-0.25, -0.2) is 0 Å². The average Bonchev–Trinajstić information content (AvgIpc) is 3.47. The molecule has 2 amide bonds. The fourth-order valence-electron chi connectivity index (χ4n) is 2.46. The van der Waals surface area contributed by atoms with Gasteiger partial charge in [-0.15, -0.1) is 0 Å². The molecular weight excluding hydrogens is 352 g/mol. The molecular formula is C20H19ClN2O3. The third kappa shape index (κ3) is 5.17. The van der Waals surface area contributed by atoms with Crippen molar-refractivity contribution in [3.8, 4) is 0 Å². The van der Waals surface area contributed by atoms with Crippen molar-refractivity contribution in [2.75, 3.05) is 10.6 Å². The average molecular weight is 371 g/mol. The Kier molecular flexibility index (Phi) is 5.68. The van der Waals surface area contributed by atoms with Gasteiger partial charge in [-0.1, -0.05) is 11.6 Å². The topological polar surface area (TPSA) is 75.3 Å². The molecule has 0 aromatic heterocycles. The first kappa shape index (κ1) is 18.1. The second kappa shape index (κ2) is 8.15. The maximum absolute atomic E-state index is 12.1. The second-order valence-electron chi connectivity index (χ2n) is 6.32. The largest absolute Gasteiger partial charge is 0.326 e. The number of rotatable bonds is 7. The lowest BCUT2D eigenvalue weighted by molar-refractivity contribution is -0.117. The number of halogens is 1. The van der Waals surface area contributed by atoms with E-state index in [0.29, 0.717) is 22.0 Å². The van der Waals surface area contributed by atoms with E-state index < -0.39 is 0 Å². The van der Waals surface area contributed by atoms with Crippen molar-refractivity contribution in [1.29, 1.82) is 0 Å². The van der Waals surface area contributed by atoms with Crippen LogP contribution in [0.2, 0.25) is 5.02 Å². The van der Waals surface area contributed by atoms with Crippen molar-refractivity contribution >= 4 is 40.6 Å². The molecule has 2 N–H and O–H groups in total. The summed E-state index contributed by atoms with van der Waals surface area (Å²) in [4.78, 5) is 35.8. The van der Waals surface area contributed by atoms with Crippen LogP contribution in [0.3, 0.4) is 0 Å². The van der Waals surface area contributed by atoms with Gasteiger partial charge in [0.25, 0.3) is 0 Å². The van der Waals surface area contributed by atoms with E-state index in [4.69, 9.17) is 11.6 Å². The summed E-state index contributed by atoms with van der Waals surface area (Å²) < 4.78 is 0. The van der Waals surface area contributed by atoms with Crippen LogP contribution in [0.25, 0.3) is 0 Å². The maximum atomic E-state index is 12.1. The summed E-state index contributed by atoms with van der Waals surface area (Å²) in [6.07, 6.45) is 2.13. The van der Waals surface area contributed by atoms with Gasteiger partial charge in [-0.05, 0) is 61.4 Å². The number of amides is 2. The molecule has 134 valence electrons. The molecule has 0 saturated heterocycles. The summed E-state index contributed by atoms with van der Waals surface area (Å²) in [5.41, 5.74) is 1.87. The van der Waals surface area contributed by atoms with Gasteiger partial charge in [-0.2, -0.15) is 0 Å². The molecule has 1 saturated carbocycles. The summed E-state index contributed by atoms with van der Waals surface area (Å²) in [5.74, 6) is -0.146. The van der Waals surface area contributed by atoms with E-state index in [9.17, 15) is 14.4 Å². The monoisotopic (exact) mass is 370 g/mol. The number of nitrogens with one attached hydrogen (secondary N) is 2. The molecule has 2 aromatic rings. The predicted octanol–water partition coefficient (Wildman–Crippen LogP) is 4.29. The molecule has 3 rings (SSSR count). The Morgan fingerprint density at radius 2 is 1.42 bits per heavy atom. The Morgan fingerprint density at radius 3 is 2.00 bits per heavy atom. The minimum absolute atomic E-state index is 0.0440. The smallest absolute Gasteiger partial charge is 0.227 e. The third-order valence-corrected chi connectivity index (χ3v) is 4.38. The summed E-state index contributed by atoms with van der Waals surface area (Å²) in [6, 6.07) is 13.5. The van der Waals surface area contributed by atoms with Gasteiger partial charge in [0.05, 0.1) is 0 Å². The van der Waals surface area contributed by atoms with Crippen LogP contribution in [0, 0.1) is 5.92 Å². The van der Waals surface area contributed by atoms with E-state index in [1.807, 2.05) is 0 Å². The van der Waals surface area contributed by atoms with Crippen molar-refractivity contribution in [3.05, 3.63) is 59.1 Å². The molecule has 26 heavy (non-hydrogen) atoms. The van der Waals surface area contributed by atoms with E-state index >= 15 is 0 Å². The van der Waals surface area contributed by atoms with E-state index in [2.05, 4.69) is 10.6 Å². The van der Waals surface area contributed by atoms with Gasteiger partial charge >= 0.3 is 0 Å². The molecule has 1 aliphatic rings. The second-order valence-corrected chi connectivity index (χ2v) is 6.76. The SMILES string of the molecule is O=C(CCC(=O)c1ccc(Cl)cc1)Nc1ccc(NC(=O)C2CC2)cc1. The first-order chi connectivity index (χ1) is 12.5. The van der Waals surface area contributed by atoms with E-state index in [1.165, 1.54) is 0 Å². The number of Topliss-reactive ketones (excluding diaryl/α,β-unsaturated/α-hetero) is 1. The first-order valence-corrected chi connectivity index (χ1v) is 8.88. The fraction of sp³-hybridized carbons (Fsp3) is 0.250. The lowest BCUT2D eigenvalue weighted by Gasteiger charge is -2.08. The van der Waals surface area contributed by atoms with Gasteiger partial charge in [0.15, 0.2) is 5.78 Å². The highest BCUT2D eigenvalue weighted by molar-refractivity contribution is 6.30. The minimum atomic E-state index is -0.234. The van der Waals surface area contributed by atoms with Crippen LogP contribution in [0.1, 0.15) is 36.0 Å². The third-order valence-electron chi connectivity index (χ3n) is 4.13. The zero-order valence-electron chi connectivity index (χ0n) is 14.1. The van der Waals surface area contributed by atoms with Crippen molar-refractivity contribution in [2.45, 2.75) is 25.7 Å². The van der Waals surface area contributed by atoms with E-state index in [0.717, 1.165) is 12.8 Å². The van der Waals surface area contributed by atoms with Crippen LogP contribution in [-0.4, -0.2) is 17.6 Å². The maximum Gasteiger partial charge on any atom is 0.227 e. The molecule has 0 unspecified atom stereocenters. The number of hydrogen-bond donors (Lipinski definition) is 2. The van der Waals surface area contributed by atoms with Crippen molar-refractivity contribution in [2.24, 2.45) is 5.92 Å². The highest BCUT2D eigenvalue weighted by atomic mass is 35.5. The van der Waals surface area contributed by atoms with Crippen molar-refractivity contribution in [3.63, 3.8) is 0 Å². The summed E-state index contributed by atoms with van der Waals surface area (Å²) in [7, 11) is 0. The quantitative estimate of drug-likeness (QED) is 0.714. The molecule has 1 fully saturated rings. The van der Waals surface area contributed by atoms with Crippen LogP contribution in [0.5, 0.6) is 0 Å². The Bertz CT molecular complexity index is 812. The molecule has 0 heterocycles. The standard InChI is InChI=1S/C20H19ClN2O3/c21-15-5-3-13(4-6-15)18(24)11-12-19(25)22-16-7-9-17(10-8-16)23-20(26)14-1-2-14/h3-10,14H,1-2,11-12H2,(H,22,25)(H,23,26). The molecule has 0 bridgehead atoms. The Morgan fingerprint density at radius 1 is 0.846 bits per heavy atom. The van der Waals surface area contributed by atoms with Crippen molar-refractivity contribution < 1.29 is 14.4 Å². The zero-order chi connectivity index (χ0) is 18.5. The molecule has 6 heteroatoms. The molecule has 0 radical (unpaired) electrons. The number of ketones is 1. The summed E-state index contributed by atoms with van der Waals surface area (Å²) >= 11 is 5.79. The number of carbonyl (C=O) groups is 3. The summed E-state index contributed by atoms with van der Waals surface area (Å²) in [5, 5.41) is 6.16. The highest BCUT2D eigenvalue weighted by Crippen LogP contribution is 2.30. The van der Waals surface area contributed by atoms with Gasteiger partial charge in [0.1, 0.15) is 0 Å². The molecule has 0 spiro atoms. The fourth-order valence-corrected chi connectivity index (χ4v) is 2.58. The summed E-state index contributed by atoms with van der Waals surface area (Å²) in [6.45, 7) is 0. The lowest BCUT2D eigenvalue weighted by atomic mass is 10.1. The van der Waals surface area contributed by atoms with E-state index in [-0.39, 0.29) is 36.4 Å². The number of benzene rings is 2. The number of carbonyl (C=O) groups excluding carboxylic acids is 3. The normalized spacial score (nSPS) is 13.1. The van der Waals surface area contributed by atoms with Gasteiger partial charge < -0.3 is 10.6 Å². The Labute approximate surface area is 156 Å². The molecule has 1 aliphatic carbocycles. The lowest BCUT2D eigenvalue weighted by Crippen LogP contribution is -2.14. The van der Waals surface area contributed by atoms with Gasteiger partial charge in [0, 0.05) is 40.7 Å². The highest BCUT2D eigenvalue weighted by Gasteiger charge is 2.29. The number of hydrogen-bond acceptors (Lipinski definition) is 3. The number of anilines is 2. The molecule has 0 atom stereocenters. The van der Waals surface area contributed by atoms with Crippen LogP contribution in [0.15, 0.2) is 48.5 Å². The molecule has 0 aliphatic heterocycles. The molecule has 5 nitrogen and oxygen atoms in total. The Balaban J connectivity index is 1.46. The van der Waals surface area contributed by atoms with Crippen LogP contribution >= 0.6 is 11.6 Å². The zero-order valence-corrected chi connectivity index (χ0v) is 14.9. The van der Waals surface area contributed by atoms with Gasteiger partial charge in [0.2, 0.25) is 11.8 Å². The molecule has 2 aromatic carbocycles. The Hall–Kier alpha value is -2.66.